The Kier molecular flexibility index (Phi) is 4.83. The zero-order valence-corrected chi connectivity index (χ0v) is 7.99. The topological polar surface area (TPSA) is 124 Å². The number of hydrogen-bond donors (Lipinski definition) is 4. The molecular formula is C8H14N6. The Bertz CT molecular complexity index is 301. The second-order valence-electron chi connectivity index (χ2n) is 2.69. The Labute approximate surface area is 82.4 Å². The number of hydrogen-bond acceptors (Lipinski definition) is 4. The molecule has 0 aliphatic carbocycles. The summed E-state index contributed by atoms with van der Waals surface area (Å²) in [6.07, 6.45) is 2.69. The third-order valence-electron chi connectivity index (χ3n) is 1.41. The van der Waals surface area contributed by atoms with Crippen molar-refractivity contribution in [1.29, 1.82) is 10.8 Å². The van der Waals surface area contributed by atoms with E-state index in [0.717, 1.165) is 0 Å². The molecule has 0 aliphatic rings. The third kappa shape index (κ3) is 4.81. The van der Waals surface area contributed by atoms with Crippen molar-refractivity contribution in [2.45, 2.75) is 6.92 Å². The van der Waals surface area contributed by atoms with Crippen LogP contribution in [-0.4, -0.2) is 24.1 Å². The monoisotopic (exact) mass is 194 g/mol. The first-order valence-electron chi connectivity index (χ1n) is 3.89. The van der Waals surface area contributed by atoms with Gasteiger partial charge in [0.15, 0.2) is 0 Å². The van der Waals surface area contributed by atoms with Crippen molar-refractivity contribution in [3.05, 3.63) is 12.2 Å². The Morgan fingerprint density at radius 2 is 1.93 bits per heavy atom. The lowest BCUT2D eigenvalue weighted by molar-refractivity contribution is 1.03. The molecule has 0 saturated carbocycles. The summed E-state index contributed by atoms with van der Waals surface area (Å²) in [5.74, 6) is -0.379. The zero-order chi connectivity index (χ0) is 11.1. The van der Waals surface area contributed by atoms with Crippen LogP contribution in [0.15, 0.2) is 22.4 Å². The van der Waals surface area contributed by atoms with Crippen molar-refractivity contribution < 1.29 is 0 Å². The second kappa shape index (κ2) is 5.63. The summed E-state index contributed by atoms with van der Waals surface area (Å²) in [6, 6.07) is 0. The molecule has 0 rings (SSSR count). The predicted octanol–water partition coefficient (Wildman–Crippen LogP) is 0.107. The van der Waals surface area contributed by atoms with Crippen LogP contribution in [0.5, 0.6) is 0 Å². The largest absolute Gasteiger partial charge is 0.387 e. The smallest absolute Gasteiger partial charge is 0.123 e. The van der Waals surface area contributed by atoms with Crippen molar-refractivity contribution in [3.63, 3.8) is 0 Å². The molecule has 0 aliphatic heterocycles. The van der Waals surface area contributed by atoms with Gasteiger partial charge in [0, 0.05) is 11.8 Å². The van der Waals surface area contributed by atoms with Gasteiger partial charge in [-0.25, -0.2) is 0 Å². The van der Waals surface area contributed by atoms with Crippen molar-refractivity contribution >= 4 is 24.1 Å². The van der Waals surface area contributed by atoms with E-state index in [2.05, 4.69) is 16.8 Å². The minimum absolute atomic E-state index is 0.0225. The van der Waals surface area contributed by atoms with Crippen LogP contribution in [0.2, 0.25) is 0 Å². The van der Waals surface area contributed by atoms with Crippen LogP contribution in [0, 0.1) is 16.7 Å². The highest BCUT2D eigenvalue weighted by Gasteiger charge is 1.98. The van der Waals surface area contributed by atoms with Gasteiger partial charge in [-0.15, -0.1) is 0 Å². The van der Waals surface area contributed by atoms with E-state index in [1.54, 1.807) is 6.92 Å². The fourth-order valence-electron chi connectivity index (χ4n) is 0.391. The molecule has 1 unspecified atom stereocenters. The zero-order valence-electron chi connectivity index (χ0n) is 7.99. The lowest BCUT2D eigenvalue weighted by atomic mass is 10.2. The van der Waals surface area contributed by atoms with Gasteiger partial charge in [-0.05, 0) is 0 Å². The fourth-order valence-corrected chi connectivity index (χ4v) is 0.391. The molecule has 76 valence electrons. The maximum absolute atomic E-state index is 7.05. The molecular weight excluding hydrogens is 180 g/mol. The minimum Gasteiger partial charge on any atom is -0.387 e. The second-order valence-corrected chi connectivity index (χ2v) is 2.69. The molecule has 6 heteroatoms. The van der Waals surface area contributed by atoms with Gasteiger partial charge in [-0.3, -0.25) is 10.8 Å². The molecule has 14 heavy (non-hydrogen) atoms. The molecule has 0 aromatic rings. The van der Waals surface area contributed by atoms with E-state index in [4.69, 9.17) is 22.3 Å². The van der Waals surface area contributed by atoms with Crippen molar-refractivity contribution in [2.75, 3.05) is 0 Å². The SMILES string of the molecule is C=C(C=NN=CC(C)C(=N)N)C(=N)N. The molecule has 0 radical (unpaired) electrons. The Morgan fingerprint density at radius 1 is 1.36 bits per heavy atom. The highest BCUT2D eigenvalue weighted by molar-refractivity contribution is 6.12. The van der Waals surface area contributed by atoms with Crippen LogP contribution < -0.4 is 11.5 Å². The lowest BCUT2D eigenvalue weighted by Crippen LogP contribution is -2.20. The molecule has 0 saturated heterocycles. The Balaban J connectivity index is 4.11. The number of nitrogens with two attached hydrogens (primary N) is 2. The van der Waals surface area contributed by atoms with Gasteiger partial charge in [-0.2, -0.15) is 10.2 Å². The van der Waals surface area contributed by atoms with E-state index in [1.165, 1.54) is 12.4 Å². The van der Waals surface area contributed by atoms with E-state index in [-0.39, 0.29) is 23.2 Å². The average Bonchev–Trinajstić information content (AvgIpc) is 2.11. The summed E-state index contributed by atoms with van der Waals surface area (Å²) < 4.78 is 0. The molecule has 6 nitrogen and oxygen atoms in total. The van der Waals surface area contributed by atoms with Crippen LogP contribution in [0.25, 0.3) is 0 Å². The van der Waals surface area contributed by atoms with E-state index < -0.39 is 0 Å². The van der Waals surface area contributed by atoms with Gasteiger partial charge in [0.1, 0.15) is 5.84 Å². The molecule has 0 spiro atoms. The fraction of sp³-hybridized carbons (Fsp3) is 0.250. The summed E-state index contributed by atoms with van der Waals surface area (Å²) in [6.45, 7) is 5.19. The van der Waals surface area contributed by atoms with Gasteiger partial charge in [-0.1, -0.05) is 13.5 Å². The van der Waals surface area contributed by atoms with Crippen LogP contribution in [0.1, 0.15) is 6.92 Å². The summed E-state index contributed by atoms with van der Waals surface area (Å²) in [5, 5.41) is 21.2. The number of nitrogens with zero attached hydrogens (tertiary/aromatic N) is 2. The first kappa shape index (κ1) is 12.0. The first-order chi connectivity index (χ1) is 6.45. The van der Waals surface area contributed by atoms with Gasteiger partial charge < -0.3 is 11.5 Å². The predicted molar refractivity (Wildman–Crippen MR) is 59.1 cm³/mol. The standard InChI is InChI=1S/C8H14N6/c1-5(7(9)10)3-13-14-4-6(2)8(11)12/h3-4,6H,1H2,2H3,(H3,9,10)(H3,11,12). The highest BCUT2D eigenvalue weighted by atomic mass is 15.2. The maximum atomic E-state index is 7.05. The molecule has 0 aromatic heterocycles. The normalized spacial score (nSPS) is 13.2. The summed E-state index contributed by atoms with van der Waals surface area (Å²) in [5.41, 5.74) is 10.6. The van der Waals surface area contributed by atoms with Crippen LogP contribution in [-0.2, 0) is 0 Å². The van der Waals surface area contributed by atoms with Gasteiger partial charge in [0.2, 0.25) is 0 Å². The molecule has 0 fully saturated rings. The van der Waals surface area contributed by atoms with Crippen molar-refractivity contribution in [2.24, 2.45) is 27.6 Å². The summed E-state index contributed by atoms with van der Waals surface area (Å²) in [7, 11) is 0. The minimum atomic E-state index is -0.252. The molecule has 0 amide bonds. The lowest BCUT2D eigenvalue weighted by Gasteiger charge is -1.98. The van der Waals surface area contributed by atoms with E-state index in [0.29, 0.717) is 0 Å². The van der Waals surface area contributed by atoms with Crippen molar-refractivity contribution in [3.8, 4) is 0 Å². The summed E-state index contributed by atoms with van der Waals surface area (Å²) in [4.78, 5) is 0. The van der Waals surface area contributed by atoms with Crippen molar-refractivity contribution in [1.82, 2.24) is 0 Å². The molecule has 0 heterocycles. The quantitative estimate of drug-likeness (QED) is 0.281. The molecule has 1 atom stereocenters. The third-order valence-corrected chi connectivity index (χ3v) is 1.41. The first-order valence-corrected chi connectivity index (χ1v) is 3.89. The Morgan fingerprint density at radius 3 is 2.36 bits per heavy atom. The van der Waals surface area contributed by atoms with Gasteiger partial charge in [0.25, 0.3) is 0 Å². The van der Waals surface area contributed by atoms with Gasteiger partial charge >= 0.3 is 0 Å². The molecule has 0 bridgehead atoms. The van der Waals surface area contributed by atoms with Crippen LogP contribution >= 0.6 is 0 Å². The number of nitrogens with one attached hydrogen (secondary N) is 2. The number of amidine groups is 2. The highest BCUT2D eigenvalue weighted by Crippen LogP contribution is 1.89. The summed E-state index contributed by atoms with van der Waals surface area (Å²) >= 11 is 0. The average molecular weight is 194 g/mol. The van der Waals surface area contributed by atoms with Crippen LogP contribution in [0.4, 0.5) is 0 Å². The molecule has 6 N–H and O–H groups in total. The van der Waals surface area contributed by atoms with E-state index >= 15 is 0 Å². The van der Waals surface area contributed by atoms with Gasteiger partial charge in [0.05, 0.1) is 18.0 Å². The van der Waals surface area contributed by atoms with E-state index in [1.807, 2.05) is 0 Å². The van der Waals surface area contributed by atoms with Crippen LogP contribution in [0.3, 0.4) is 0 Å². The van der Waals surface area contributed by atoms with E-state index in [9.17, 15) is 0 Å². The Hall–Kier alpha value is -1.98. The maximum Gasteiger partial charge on any atom is 0.123 e. The molecule has 0 aromatic carbocycles. The number of rotatable bonds is 5.